The van der Waals surface area contributed by atoms with Crippen molar-refractivity contribution in [1.82, 2.24) is 20.0 Å². The van der Waals surface area contributed by atoms with Crippen molar-refractivity contribution in [3.8, 4) is 5.69 Å². The lowest BCUT2D eigenvalue weighted by atomic mass is 10.2. The number of hydrogen-bond acceptors (Lipinski definition) is 5. The molecular formula is C15H19ClN4O3S. The molecule has 0 spiro atoms. The van der Waals surface area contributed by atoms with Crippen molar-refractivity contribution < 1.29 is 13.2 Å². The molecule has 1 saturated heterocycles. The lowest BCUT2D eigenvalue weighted by Crippen LogP contribution is -2.46. The fourth-order valence-electron chi connectivity index (χ4n) is 2.58. The number of carbonyl (C=O) groups excluding carboxylic acids is 1. The van der Waals surface area contributed by atoms with E-state index >= 15 is 0 Å². The number of piperazine rings is 1. The largest absolute Gasteiger partial charge is 0.336 e. The average Bonchev–Trinajstić information content (AvgIpc) is 3.04. The number of benzene rings is 1. The van der Waals surface area contributed by atoms with E-state index in [9.17, 15) is 13.2 Å². The standard InChI is InChI=1S/C15H18N4O3S.ClH/c1-23(21,22)14-5-3-2-4-13(14)19-11-12(10-17-19)15(20)18-8-6-16-7-9-18;/h2-5,10-11,16H,6-9H2,1H3;1H. The van der Waals surface area contributed by atoms with E-state index in [-0.39, 0.29) is 23.2 Å². The Hall–Kier alpha value is -1.90. The summed E-state index contributed by atoms with van der Waals surface area (Å²) in [7, 11) is -3.38. The Kier molecular flexibility index (Phi) is 5.63. The van der Waals surface area contributed by atoms with Crippen LogP contribution in [0, 0.1) is 0 Å². The van der Waals surface area contributed by atoms with Crippen molar-refractivity contribution in [2.75, 3.05) is 32.4 Å². The highest BCUT2D eigenvalue weighted by molar-refractivity contribution is 7.90. The molecule has 7 nitrogen and oxygen atoms in total. The maximum absolute atomic E-state index is 12.5. The summed E-state index contributed by atoms with van der Waals surface area (Å²) >= 11 is 0. The van der Waals surface area contributed by atoms with Crippen LogP contribution >= 0.6 is 12.4 Å². The monoisotopic (exact) mass is 370 g/mol. The smallest absolute Gasteiger partial charge is 0.257 e. The number of para-hydroxylation sites is 1. The summed E-state index contributed by atoms with van der Waals surface area (Å²) in [5.41, 5.74) is 0.893. The number of nitrogens with zero attached hydrogens (tertiary/aromatic N) is 3. The minimum absolute atomic E-state index is 0. The lowest BCUT2D eigenvalue weighted by Gasteiger charge is -2.26. The Balaban J connectivity index is 0.00000208. The van der Waals surface area contributed by atoms with Gasteiger partial charge in [0.25, 0.3) is 5.91 Å². The zero-order chi connectivity index (χ0) is 16.4. The first-order chi connectivity index (χ1) is 11.0. The molecule has 2 heterocycles. The van der Waals surface area contributed by atoms with Crippen molar-refractivity contribution in [2.45, 2.75) is 4.90 Å². The van der Waals surface area contributed by atoms with Crippen LogP contribution in [0.5, 0.6) is 0 Å². The molecule has 1 N–H and O–H groups in total. The first kappa shape index (κ1) is 18.4. The zero-order valence-electron chi connectivity index (χ0n) is 13.2. The lowest BCUT2D eigenvalue weighted by molar-refractivity contribution is 0.0736. The number of rotatable bonds is 3. The normalized spacial score (nSPS) is 15.0. The van der Waals surface area contributed by atoms with E-state index < -0.39 is 9.84 Å². The van der Waals surface area contributed by atoms with Crippen molar-refractivity contribution in [2.24, 2.45) is 0 Å². The Morgan fingerprint density at radius 2 is 1.88 bits per heavy atom. The SMILES string of the molecule is CS(=O)(=O)c1ccccc1-n1cc(C(=O)N2CCNCC2)cn1.Cl. The van der Waals surface area contributed by atoms with Crippen LogP contribution in [0.3, 0.4) is 0 Å². The second-order valence-corrected chi connectivity index (χ2v) is 7.44. The summed E-state index contributed by atoms with van der Waals surface area (Å²) in [6.45, 7) is 2.86. The van der Waals surface area contributed by atoms with E-state index in [4.69, 9.17) is 0 Å². The number of halogens is 1. The summed E-state index contributed by atoms with van der Waals surface area (Å²) in [5.74, 6) is -0.0883. The Morgan fingerprint density at radius 3 is 2.54 bits per heavy atom. The summed E-state index contributed by atoms with van der Waals surface area (Å²) in [6, 6.07) is 6.60. The van der Waals surface area contributed by atoms with Crippen LogP contribution in [-0.4, -0.2) is 61.4 Å². The fraction of sp³-hybridized carbons (Fsp3) is 0.333. The first-order valence-electron chi connectivity index (χ1n) is 7.31. The van der Waals surface area contributed by atoms with E-state index in [1.165, 1.54) is 16.9 Å². The van der Waals surface area contributed by atoms with Crippen LogP contribution in [0.25, 0.3) is 5.69 Å². The van der Waals surface area contributed by atoms with Crippen LogP contribution in [-0.2, 0) is 9.84 Å². The molecule has 1 aromatic heterocycles. The molecule has 1 aliphatic rings. The summed E-state index contributed by atoms with van der Waals surface area (Å²) in [4.78, 5) is 14.4. The average molecular weight is 371 g/mol. The topological polar surface area (TPSA) is 84.3 Å². The molecule has 0 bridgehead atoms. The minimum atomic E-state index is -3.38. The van der Waals surface area contributed by atoms with Crippen LogP contribution in [0.2, 0.25) is 0 Å². The van der Waals surface area contributed by atoms with Gasteiger partial charge in [0.1, 0.15) is 0 Å². The van der Waals surface area contributed by atoms with Gasteiger partial charge in [0.05, 0.1) is 22.3 Å². The van der Waals surface area contributed by atoms with Gasteiger partial charge in [0, 0.05) is 38.6 Å². The minimum Gasteiger partial charge on any atom is -0.336 e. The van der Waals surface area contributed by atoms with Crippen molar-refractivity contribution in [3.63, 3.8) is 0 Å². The quantitative estimate of drug-likeness (QED) is 0.861. The zero-order valence-corrected chi connectivity index (χ0v) is 14.8. The second kappa shape index (κ2) is 7.33. The van der Waals surface area contributed by atoms with Gasteiger partial charge in [-0.3, -0.25) is 4.79 Å². The molecule has 0 radical (unpaired) electrons. The highest BCUT2D eigenvalue weighted by atomic mass is 35.5. The van der Waals surface area contributed by atoms with Gasteiger partial charge >= 0.3 is 0 Å². The van der Waals surface area contributed by atoms with Gasteiger partial charge in [-0.15, -0.1) is 12.4 Å². The molecule has 130 valence electrons. The number of aromatic nitrogens is 2. The molecule has 0 unspecified atom stereocenters. The van der Waals surface area contributed by atoms with E-state index in [0.29, 0.717) is 24.3 Å². The first-order valence-corrected chi connectivity index (χ1v) is 9.20. The number of hydrogen-bond donors (Lipinski definition) is 1. The summed E-state index contributed by atoms with van der Waals surface area (Å²) in [6.07, 6.45) is 4.21. The molecule has 24 heavy (non-hydrogen) atoms. The Morgan fingerprint density at radius 1 is 1.21 bits per heavy atom. The number of nitrogens with one attached hydrogen (secondary N) is 1. The number of amides is 1. The van der Waals surface area contributed by atoms with Gasteiger partial charge in [-0.05, 0) is 12.1 Å². The maximum atomic E-state index is 12.5. The van der Waals surface area contributed by atoms with Gasteiger partial charge in [-0.1, -0.05) is 12.1 Å². The van der Waals surface area contributed by atoms with E-state index in [1.54, 1.807) is 29.3 Å². The van der Waals surface area contributed by atoms with Crippen LogP contribution < -0.4 is 5.32 Å². The fourth-order valence-corrected chi connectivity index (χ4v) is 3.44. The van der Waals surface area contributed by atoms with E-state index in [2.05, 4.69) is 10.4 Å². The molecule has 3 rings (SSSR count). The molecule has 1 aliphatic heterocycles. The van der Waals surface area contributed by atoms with Gasteiger partial charge in [0.2, 0.25) is 0 Å². The molecule has 0 saturated carbocycles. The van der Waals surface area contributed by atoms with Crippen LogP contribution in [0.1, 0.15) is 10.4 Å². The van der Waals surface area contributed by atoms with Crippen molar-refractivity contribution >= 4 is 28.2 Å². The summed E-state index contributed by atoms with van der Waals surface area (Å²) < 4.78 is 25.2. The molecule has 1 aromatic carbocycles. The second-order valence-electron chi connectivity index (χ2n) is 5.46. The Labute approximate surface area is 147 Å². The van der Waals surface area contributed by atoms with Crippen LogP contribution in [0.15, 0.2) is 41.6 Å². The third-order valence-corrected chi connectivity index (χ3v) is 4.89. The maximum Gasteiger partial charge on any atom is 0.257 e. The Bertz CT molecular complexity index is 829. The highest BCUT2D eigenvalue weighted by Crippen LogP contribution is 2.20. The van der Waals surface area contributed by atoms with Gasteiger partial charge in [0.15, 0.2) is 9.84 Å². The van der Waals surface area contributed by atoms with Gasteiger partial charge in [-0.25, -0.2) is 13.1 Å². The van der Waals surface area contributed by atoms with Crippen LogP contribution in [0.4, 0.5) is 0 Å². The molecule has 2 aromatic rings. The molecular weight excluding hydrogens is 352 g/mol. The number of carbonyl (C=O) groups is 1. The van der Waals surface area contributed by atoms with E-state index in [0.717, 1.165) is 19.3 Å². The molecule has 1 fully saturated rings. The van der Waals surface area contributed by atoms with E-state index in [1.807, 2.05) is 0 Å². The van der Waals surface area contributed by atoms with Crippen molar-refractivity contribution in [1.29, 1.82) is 0 Å². The highest BCUT2D eigenvalue weighted by Gasteiger charge is 2.21. The predicted octanol–water partition coefficient (Wildman–Crippen LogP) is 0.743. The third-order valence-electron chi connectivity index (χ3n) is 3.75. The molecule has 0 atom stereocenters. The van der Waals surface area contributed by atoms with Gasteiger partial charge in [-0.2, -0.15) is 5.10 Å². The molecule has 9 heteroatoms. The third kappa shape index (κ3) is 3.77. The molecule has 0 aliphatic carbocycles. The summed E-state index contributed by atoms with van der Waals surface area (Å²) in [5, 5.41) is 7.36. The van der Waals surface area contributed by atoms with Gasteiger partial charge < -0.3 is 10.2 Å². The van der Waals surface area contributed by atoms with Crippen molar-refractivity contribution in [3.05, 3.63) is 42.2 Å². The molecule has 1 amide bonds. The number of sulfone groups is 1. The predicted molar refractivity (Wildman–Crippen MR) is 92.7 cm³/mol.